The van der Waals surface area contributed by atoms with Crippen LogP contribution in [0.15, 0.2) is 78.9 Å². The van der Waals surface area contributed by atoms with Crippen LogP contribution in [0.1, 0.15) is 36.3 Å². The first-order chi connectivity index (χ1) is 13.5. The van der Waals surface area contributed by atoms with Crippen LogP contribution in [0.2, 0.25) is 0 Å². The average Bonchev–Trinajstić information content (AvgIpc) is 3.06. The van der Waals surface area contributed by atoms with Crippen molar-refractivity contribution in [2.75, 3.05) is 0 Å². The number of aromatic nitrogens is 1. The predicted molar refractivity (Wildman–Crippen MR) is 115 cm³/mol. The number of carbonyl (C=O) groups excluding carboxylic acids is 1. The Bertz CT molecular complexity index is 1190. The summed E-state index contributed by atoms with van der Waals surface area (Å²) in [6, 6.07) is 27.4. The normalized spacial score (nSPS) is 15.6. The Balaban J connectivity index is 1.87. The summed E-state index contributed by atoms with van der Waals surface area (Å²) in [4.78, 5) is 13.0. The molecule has 28 heavy (non-hydrogen) atoms. The maximum Gasteiger partial charge on any atom is 0.165 e. The van der Waals surface area contributed by atoms with Crippen molar-refractivity contribution in [1.82, 2.24) is 4.57 Å². The Morgan fingerprint density at radius 3 is 2.36 bits per heavy atom. The summed E-state index contributed by atoms with van der Waals surface area (Å²) in [5.74, 6) is 0.252. The second-order valence-corrected chi connectivity index (χ2v) is 8.53. The first kappa shape index (κ1) is 17.0. The van der Waals surface area contributed by atoms with Crippen molar-refractivity contribution in [3.8, 4) is 16.9 Å². The lowest BCUT2D eigenvalue weighted by Gasteiger charge is -2.30. The summed E-state index contributed by atoms with van der Waals surface area (Å²) < 4.78 is 2.33. The Kier molecular flexibility index (Phi) is 3.77. The summed E-state index contributed by atoms with van der Waals surface area (Å²) in [7, 11) is 0. The van der Waals surface area contributed by atoms with Gasteiger partial charge in [0.05, 0.1) is 11.4 Å². The fraction of sp³-hybridized carbons (Fsp3) is 0.192. The van der Waals surface area contributed by atoms with Gasteiger partial charge in [-0.3, -0.25) is 4.79 Å². The zero-order valence-corrected chi connectivity index (χ0v) is 16.3. The maximum atomic E-state index is 13.0. The van der Waals surface area contributed by atoms with E-state index in [2.05, 4.69) is 91.2 Å². The molecule has 0 aliphatic heterocycles. The van der Waals surface area contributed by atoms with Gasteiger partial charge in [-0.05, 0) is 34.9 Å². The summed E-state index contributed by atoms with van der Waals surface area (Å²) in [5.41, 5.74) is 5.35. The number of nitrogens with zero attached hydrogens (tertiary/aromatic N) is 1. The van der Waals surface area contributed by atoms with Gasteiger partial charge in [0.1, 0.15) is 0 Å². The van der Waals surface area contributed by atoms with Crippen LogP contribution in [-0.4, -0.2) is 10.4 Å². The van der Waals surface area contributed by atoms with Gasteiger partial charge in [0, 0.05) is 23.1 Å². The van der Waals surface area contributed by atoms with Crippen molar-refractivity contribution in [3.63, 3.8) is 0 Å². The van der Waals surface area contributed by atoms with E-state index in [9.17, 15) is 4.79 Å². The molecule has 2 heteroatoms. The lowest BCUT2D eigenvalue weighted by molar-refractivity contribution is 0.0911. The van der Waals surface area contributed by atoms with E-state index in [-0.39, 0.29) is 11.2 Å². The van der Waals surface area contributed by atoms with Crippen LogP contribution in [0.3, 0.4) is 0 Å². The van der Waals surface area contributed by atoms with E-state index in [4.69, 9.17) is 0 Å². The predicted octanol–water partition coefficient (Wildman–Crippen LogP) is 6.45. The topological polar surface area (TPSA) is 22.0 Å². The molecule has 0 saturated heterocycles. The molecule has 0 amide bonds. The van der Waals surface area contributed by atoms with E-state index in [0.29, 0.717) is 6.42 Å². The van der Waals surface area contributed by atoms with Crippen molar-refractivity contribution in [2.24, 2.45) is 5.41 Å². The Morgan fingerprint density at radius 1 is 0.821 bits per heavy atom. The highest BCUT2D eigenvalue weighted by atomic mass is 16.1. The number of ketones is 1. The minimum absolute atomic E-state index is 0.0290. The molecule has 0 N–H and O–H groups in total. The minimum Gasteiger partial charge on any atom is -0.312 e. The van der Waals surface area contributed by atoms with Crippen molar-refractivity contribution < 1.29 is 4.79 Å². The lowest BCUT2D eigenvalue weighted by atomic mass is 9.76. The van der Waals surface area contributed by atoms with E-state index >= 15 is 0 Å². The Morgan fingerprint density at radius 2 is 1.54 bits per heavy atom. The molecule has 0 atom stereocenters. The Hall–Kier alpha value is -3.13. The van der Waals surface area contributed by atoms with Gasteiger partial charge in [-0.15, -0.1) is 0 Å². The monoisotopic (exact) mass is 365 g/mol. The molecule has 4 aromatic rings. The molecule has 5 rings (SSSR count). The number of Topliss-reactive ketones (excluding diaryl/α,β-unsaturated/α-hetero) is 1. The SMILES string of the molecule is CC1(C)CC(=O)c2cc(-c3ccccc3)n(-c3cccc4ccccc34)c2C1. The van der Waals surface area contributed by atoms with Crippen LogP contribution in [0.25, 0.3) is 27.7 Å². The minimum atomic E-state index is -0.0290. The maximum absolute atomic E-state index is 13.0. The molecule has 0 unspecified atom stereocenters. The van der Waals surface area contributed by atoms with Gasteiger partial charge in [0.15, 0.2) is 5.78 Å². The van der Waals surface area contributed by atoms with Crippen molar-refractivity contribution in [3.05, 3.63) is 90.1 Å². The number of hydrogen-bond acceptors (Lipinski definition) is 1. The first-order valence-electron chi connectivity index (χ1n) is 9.85. The number of rotatable bonds is 2. The number of hydrogen-bond donors (Lipinski definition) is 0. The third-order valence-electron chi connectivity index (χ3n) is 5.77. The van der Waals surface area contributed by atoms with E-state index in [0.717, 1.165) is 34.6 Å². The molecule has 1 aliphatic carbocycles. The van der Waals surface area contributed by atoms with E-state index in [1.807, 2.05) is 6.07 Å². The summed E-state index contributed by atoms with van der Waals surface area (Å²) >= 11 is 0. The summed E-state index contributed by atoms with van der Waals surface area (Å²) in [5, 5.41) is 2.42. The van der Waals surface area contributed by atoms with Crippen LogP contribution < -0.4 is 0 Å². The fourth-order valence-electron chi connectivity index (χ4n) is 4.51. The zero-order valence-electron chi connectivity index (χ0n) is 16.3. The van der Waals surface area contributed by atoms with Crippen LogP contribution in [0.5, 0.6) is 0 Å². The number of benzene rings is 3. The average molecular weight is 365 g/mol. The molecule has 0 fully saturated rings. The quantitative estimate of drug-likeness (QED) is 0.400. The molecule has 0 saturated carbocycles. The second-order valence-electron chi connectivity index (χ2n) is 8.53. The van der Waals surface area contributed by atoms with Gasteiger partial charge >= 0.3 is 0 Å². The lowest BCUT2D eigenvalue weighted by Crippen LogP contribution is -2.27. The molecule has 0 radical (unpaired) electrons. The highest BCUT2D eigenvalue weighted by molar-refractivity contribution is 6.01. The van der Waals surface area contributed by atoms with Crippen molar-refractivity contribution >= 4 is 16.6 Å². The Labute approximate surface area is 165 Å². The van der Waals surface area contributed by atoms with Gasteiger partial charge in [-0.2, -0.15) is 0 Å². The third-order valence-corrected chi connectivity index (χ3v) is 5.77. The van der Waals surface area contributed by atoms with Gasteiger partial charge in [0.2, 0.25) is 0 Å². The van der Waals surface area contributed by atoms with Crippen LogP contribution in [0.4, 0.5) is 0 Å². The molecule has 1 heterocycles. The molecule has 0 bridgehead atoms. The van der Waals surface area contributed by atoms with E-state index < -0.39 is 0 Å². The highest BCUT2D eigenvalue weighted by Gasteiger charge is 2.35. The van der Waals surface area contributed by atoms with Crippen LogP contribution in [0, 0.1) is 5.41 Å². The number of fused-ring (bicyclic) bond motifs is 2. The second kappa shape index (κ2) is 6.20. The van der Waals surface area contributed by atoms with Gasteiger partial charge in [0.25, 0.3) is 0 Å². The molecular weight excluding hydrogens is 342 g/mol. The molecule has 1 aliphatic rings. The van der Waals surface area contributed by atoms with Crippen molar-refractivity contribution in [1.29, 1.82) is 0 Å². The van der Waals surface area contributed by atoms with Crippen molar-refractivity contribution in [2.45, 2.75) is 26.7 Å². The molecular formula is C26H23NO. The van der Waals surface area contributed by atoms with Gasteiger partial charge < -0.3 is 4.57 Å². The van der Waals surface area contributed by atoms with Crippen LogP contribution >= 0.6 is 0 Å². The summed E-state index contributed by atoms with van der Waals surface area (Å²) in [6.45, 7) is 4.38. The largest absolute Gasteiger partial charge is 0.312 e. The number of carbonyl (C=O) groups is 1. The smallest absolute Gasteiger partial charge is 0.165 e. The van der Waals surface area contributed by atoms with E-state index in [1.165, 1.54) is 10.8 Å². The molecule has 1 aromatic heterocycles. The molecule has 138 valence electrons. The standard InChI is InChI=1S/C26H23NO/c1-26(2)16-24-21(25(28)17-26)15-23(19-10-4-3-5-11-19)27(24)22-14-8-12-18-9-6-7-13-20(18)22/h3-15H,16-17H2,1-2H3. The van der Waals surface area contributed by atoms with E-state index in [1.54, 1.807) is 0 Å². The zero-order chi connectivity index (χ0) is 19.3. The summed E-state index contributed by atoms with van der Waals surface area (Å²) in [6.07, 6.45) is 1.50. The van der Waals surface area contributed by atoms with Crippen LogP contribution in [-0.2, 0) is 6.42 Å². The highest BCUT2D eigenvalue weighted by Crippen LogP contribution is 2.41. The fourth-order valence-corrected chi connectivity index (χ4v) is 4.51. The third kappa shape index (κ3) is 2.68. The van der Waals surface area contributed by atoms with Gasteiger partial charge in [-0.25, -0.2) is 0 Å². The molecule has 3 aromatic carbocycles. The van der Waals surface area contributed by atoms with Gasteiger partial charge in [-0.1, -0.05) is 80.6 Å². The molecule has 2 nitrogen and oxygen atoms in total. The molecule has 0 spiro atoms. The first-order valence-corrected chi connectivity index (χ1v) is 9.85.